The highest BCUT2D eigenvalue weighted by Gasteiger charge is 2.33. The molecule has 2 fully saturated rings. The maximum Gasteiger partial charge on any atom is 0.343 e. The molecule has 0 aliphatic carbocycles. The number of nitro groups is 1. The van der Waals surface area contributed by atoms with E-state index in [4.69, 9.17) is 0 Å². The third-order valence-electron chi connectivity index (χ3n) is 5.45. The predicted octanol–water partition coefficient (Wildman–Crippen LogP) is 1.03. The molecule has 1 amide bonds. The monoisotopic (exact) mass is 477 g/mol. The lowest BCUT2D eigenvalue weighted by atomic mass is 10.2. The molecule has 170 valence electrons. The van der Waals surface area contributed by atoms with Crippen LogP contribution in [0.15, 0.2) is 29.6 Å². The predicted molar refractivity (Wildman–Crippen MR) is 123 cm³/mol. The minimum Gasteiger partial charge on any atom is -0.616 e. The van der Waals surface area contributed by atoms with Gasteiger partial charge in [0.05, 0.1) is 18.0 Å². The lowest BCUT2D eigenvalue weighted by Crippen LogP contribution is -2.49. The van der Waals surface area contributed by atoms with E-state index in [1.165, 1.54) is 11.8 Å². The van der Waals surface area contributed by atoms with Crippen molar-refractivity contribution in [2.45, 2.75) is 5.03 Å². The number of carbonyl (C=O) groups is 1. The Morgan fingerprint density at radius 3 is 2.31 bits per heavy atom. The summed E-state index contributed by atoms with van der Waals surface area (Å²) in [7, 11) is 0. The van der Waals surface area contributed by atoms with Crippen LogP contribution in [0.3, 0.4) is 0 Å². The molecule has 32 heavy (non-hydrogen) atoms. The molecule has 0 unspecified atom stereocenters. The van der Waals surface area contributed by atoms with E-state index < -0.39 is 16.1 Å². The van der Waals surface area contributed by atoms with Gasteiger partial charge in [-0.2, -0.15) is 9.97 Å². The second-order valence-corrected chi connectivity index (χ2v) is 9.80. The first-order valence-electron chi connectivity index (χ1n) is 10.1. The zero-order valence-electron chi connectivity index (χ0n) is 17.5. The molecule has 2 aliphatic heterocycles. The molecule has 11 nitrogen and oxygen atoms in total. The van der Waals surface area contributed by atoms with Crippen molar-refractivity contribution in [2.24, 2.45) is 0 Å². The minimum atomic E-state index is -0.905. The fourth-order valence-corrected chi connectivity index (χ4v) is 5.30. The fraction of sp³-hybridized carbons (Fsp3) is 0.474. The van der Waals surface area contributed by atoms with E-state index in [9.17, 15) is 19.5 Å². The van der Waals surface area contributed by atoms with Crippen molar-refractivity contribution in [2.75, 3.05) is 66.8 Å². The van der Waals surface area contributed by atoms with Gasteiger partial charge in [0.1, 0.15) is 11.5 Å². The quantitative estimate of drug-likeness (QED) is 0.202. The zero-order chi connectivity index (χ0) is 22.7. The lowest BCUT2D eigenvalue weighted by molar-refractivity contribution is -0.387. The molecule has 2 aromatic heterocycles. The van der Waals surface area contributed by atoms with Crippen LogP contribution in [0, 0.1) is 10.1 Å². The summed E-state index contributed by atoms with van der Waals surface area (Å²) in [6, 6.07) is 3.38. The van der Waals surface area contributed by atoms with Crippen LogP contribution in [-0.2, 0) is 11.2 Å². The van der Waals surface area contributed by atoms with Gasteiger partial charge in [0, 0.05) is 44.1 Å². The molecule has 4 rings (SSSR count). The highest BCUT2D eigenvalue weighted by atomic mass is 32.2. The highest BCUT2D eigenvalue weighted by molar-refractivity contribution is 7.98. The number of carbonyl (C=O) groups excluding carboxylic acids is 1. The van der Waals surface area contributed by atoms with Gasteiger partial charge in [-0.3, -0.25) is 19.9 Å². The van der Waals surface area contributed by atoms with Gasteiger partial charge in [0.15, 0.2) is 5.03 Å². The minimum absolute atomic E-state index is 0.0523. The van der Waals surface area contributed by atoms with Crippen molar-refractivity contribution in [1.82, 2.24) is 19.9 Å². The van der Waals surface area contributed by atoms with Crippen molar-refractivity contribution in [3.05, 3.63) is 40.2 Å². The Kier molecular flexibility index (Phi) is 6.96. The average molecular weight is 478 g/mol. The molecule has 0 spiro atoms. The first-order valence-corrected chi connectivity index (χ1v) is 12.8. The van der Waals surface area contributed by atoms with Gasteiger partial charge >= 0.3 is 5.69 Å². The molecule has 0 N–H and O–H groups in total. The maximum absolute atomic E-state index is 12.7. The smallest absolute Gasteiger partial charge is 0.343 e. The van der Waals surface area contributed by atoms with Crippen LogP contribution < -0.4 is 9.80 Å². The molecule has 4 heterocycles. The van der Waals surface area contributed by atoms with Gasteiger partial charge in [0.2, 0.25) is 11.8 Å². The summed E-state index contributed by atoms with van der Waals surface area (Å²) in [5, 5.41) is 12.1. The molecule has 0 aromatic carbocycles. The molecule has 0 atom stereocenters. The Morgan fingerprint density at radius 1 is 1.06 bits per heavy atom. The lowest BCUT2D eigenvalue weighted by Gasteiger charge is -2.35. The molecule has 0 bridgehead atoms. The van der Waals surface area contributed by atoms with Gasteiger partial charge in [-0.05, 0) is 18.4 Å². The number of pyridine rings is 1. The molecular formula is C19H23N7O4S2. The van der Waals surface area contributed by atoms with Gasteiger partial charge in [0.25, 0.3) is 5.91 Å². The molecule has 0 radical (unpaired) electrons. The van der Waals surface area contributed by atoms with E-state index in [1.807, 2.05) is 9.80 Å². The molecular weight excluding hydrogens is 454 g/mol. The Balaban J connectivity index is 1.55. The number of thioether (sulfide) groups is 1. The summed E-state index contributed by atoms with van der Waals surface area (Å²) in [6.45, 7) is 2.93. The largest absolute Gasteiger partial charge is 0.616 e. The fourth-order valence-electron chi connectivity index (χ4n) is 3.71. The van der Waals surface area contributed by atoms with Crippen LogP contribution >= 0.6 is 11.8 Å². The number of aromatic nitrogens is 3. The van der Waals surface area contributed by atoms with E-state index in [-0.39, 0.29) is 17.4 Å². The summed E-state index contributed by atoms with van der Waals surface area (Å²) >= 11 is 0.302. The van der Waals surface area contributed by atoms with Crippen molar-refractivity contribution in [3.8, 4) is 0 Å². The number of hydrogen-bond donors (Lipinski definition) is 0. The molecule has 13 heteroatoms. The molecule has 2 aromatic rings. The SMILES string of the molecule is CSc1nc(N2CCN(C(=O)c3ccncc3)CC2)nc(N2CC[S+]([O-])CC2)c1[N+](=O)[O-]. The zero-order valence-corrected chi connectivity index (χ0v) is 19.2. The summed E-state index contributed by atoms with van der Waals surface area (Å²) < 4.78 is 11.8. The van der Waals surface area contributed by atoms with Crippen LogP contribution in [0.5, 0.6) is 0 Å². The van der Waals surface area contributed by atoms with Crippen LogP contribution in [0.4, 0.5) is 17.5 Å². The standard InChI is InChI=1S/C19H23N7O4S2/c1-31-17-15(26(28)29)16(23-10-12-32(30)13-11-23)21-19(22-17)25-8-6-24(7-9-25)18(27)14-2-4-20-5-3-14/h2-5H,6-13H2,1H3. The second kappa shape index (κ2) is 9.88. The Labute approximate surface area is 192 Å². The summed E-state index contributed by atoms with van der Waals surface area (Å²) in [5.74, 6) is 1.55. The van der Waals surface area contributed by atoms with Gasteiger partial charge in [-0.1, -0.05) is 11.2 Å². The van der Waals surface area contributed by atoms with E-state index in [2.05, 4.69) is 15.0 Å². The first kappa shape index (κ1) is 22.6. The van der Waals surface area contributed by atoms with Gasteiger partial charge in [-0.15, -0.1) is 11.8 Å². The normalized spacial score (nSPS) is 17.5. The van der Waals surface area contributed by atoms with E-state index >= 15 is 0 Å². The van der Waals surface area contributed by atoms with Crippen molar-refractivity contribution in [1.29, 1.82) is 0 Å². The van der Waals surface area contributed by atoms with Crippen LogP contribution in [0.25, 0.3) is 0 Å². The average Bonchev–Trinajstić information content (AvgIpc) is 2.83. The van der Waals surface area contributed by atoms with Crippen LogP contribution in [-0.4, -0.2) is 92.3 Å². The third-order valence-corrected chi connectivity index (χ3v) is 7.40. The third kappa shape index (κ3) is 4.74. The Bertz CT molecular complexity index is 981. The highest BCUT2D eigenvalue weighted by Crippen LogP contribution is 2.36. The molecule has 2 aliphatic rings. The number of piperazine rings is 1. The summed E-state index contributed by atoms with van der Waals surface area (Å²) in [4.78, 5) is 42.6. The van der Waals surface area contributed by atoms with Crippen molar-refractivity contribution >= 4 is 46.3 Å². The summed E-state index contributed by atoms with van der Waals surface area (Å²) in [5.41, 5.74) is 0.481. The Morgan fingerprint density at radius 2 is 1.72 bits per heavy atom. The van der Waals surface area contributed by atoms with E-state index in [1.54, 1.807) is 35.7 Å². The molecule has 0 saturated carbocycles. The van der Waals surface area contributed by atoms with Gasteiger partial charge in [-0.25, -0.2) is 0 Å². The summed E-state index contributed by atoms with van der Waals surface area (Å²) in [6.07, 6.45) is 4.94. The number of amides is 1. The van der Waals surface area contributed by atoms with Crippen molar-refractivity contribution < 1.29 is 14.3 Å². The van der Waals surface area contributed by atoms with Crippen LogP contribution in [0.1, 0.15) is 10.4 Å². The molecule has 2 saturated heterocycles. The number of anilines is 2. The first-order chi connectivity index (χ1) is 15.5. The number of nitrogens with zero attached hydrogens (tertiary/aromatic N) is 7. The van der Waals surface area contributed by atoms with Crippen molar-refractivity contribution in [3.63, 3.8) is 0 Å². The van der Waals surface area contributed by atoms with E-state index in [0.29, 0.717) is 67.3 Å². The van der Waals surface area contributed by atoms with E-state index in [0.717, 1.165) is 0 Å². The van der Waals surface area contributed by atoms with Gasteiger partial charge < -0.3 is 19.3 Å². The number of rotatable bonds is 5. The maximum atomic E-state index is 12.7. The number of hydrogen-bond acceptors (Lipinski definition) is 10. The second-order valence-electron chi connectivity index (χ2n) is 7.31. The van der Waals surface area contributed by atoms with Crippen LogP contribution in [0.2, 0.25) is 0 Å². The Hall–Kier alpha value is -2.64. The topological polar surface area (TPSA) is 132 Å².